The first-order valence-corrected chi connectivity index (χ1v) is 7.52. The first-order valence-electron chi connectivity index (χ1n) is 7.52. The lowest BCUT2D eigenvalue weighted by atomic mass is 10.00. The molecule has 24 heavy (non-hydrogen) atoms. The molecule has 5 heteroatoms. The third-order valence-electron chi connectivity index (χ3n) is 4.15. The van der Waals surface area contributed by atoms with E-state index in [0.29, 0.717) is 33.9 Å². The van der Waals surface area contributed by atoms with Crippen LogP contribution in [-0.4, -0.2) is 25.4 Å². The third-order valence-corrected chi connectivity index (χ3v) is 4.15. The lowest BCUT2D eigenvalue weighted by Gasteiger charge is -2.15. The smallest absolute Gasteiger partial charge is 0.200 e. The number of carbonyl (C=O) groups is 1. The van der Waals surface area contributed by atoms with Crippen molar-refractivity contribution in [3.05, 3.63) is 58.3 Å². The second kappa shape index (κ2) is 5.16. The van der Waals surface area contributed by atoms with Crippen molar-refractivity contribution in [1.29, 1.82) is 0 Å². The Hall–Kier alpha value is -3.21. The van der Waals surface area contributed by atoms with Gasteiger partial charge in [0.15, 0.2) is 17.6 Å². The molecule has 0 atom stereocenters. The van der Waals surface area contributed by atoms with Gasteiger partial charge in [-0.3, -0.25) is 9.59 Å². The highest BCUT2D eigenvalue weighted by Gasteiger charge is 2.21. The molecule has 1 heterocycles. The van der Waals surface area contributed by atoms with Gasteiger partial charge < -0.3 is 9.32 Å². The van der Waals surface area contributed by atoms with E-state index in [4.69, 9.17) is 4.42 Å². The second-order valence-electron chi connectivity index (χ2n) is 5.84. The van der Waals surface area contributed by atoms with Crippen molar-refractivity contribution in [2.45, 2.75) is 0 Å². The van der Waals surface area contributed by atoms with Crippen molar-refractivity contribution in [1.82, 2.24) is 4.98 Å². The number of benzene rings is 3. The fourth-order valence-corrected chi connectivity index (χ4v) is 2.89. The summed E-state index contributed by atoms with van der Waals surface area (Å²) >= 11 is 0. The van der Waals surface area contributed by atoms with Crippen LogP contribution in [0.15, 0.2) is 51.7 Å². The Morgan fingerprint density at radius 1 is 1.08 bits per heavy atom. The summed E-state index contributed by atoms with van der Waals surface area (Å²) in [6.45, 7) is 0. The van der Waals surface area contributed by atoms with E-state index < -0.39 is 0 Å². The number of hydrogen-bond donors (Lipinski definition) is 0. The number of aldehydes is 1. The normalized spacial score (nSPS) is 11.2. The fraction of sp³-hybridized carbons (Fsp3) is 0.105. The molecule has 0 aromatic heterocycles. The molecule has 0 unspecified atom stereocenters. The van der Waals surface area contributed by atoms with Crippen molar-refractivity contribution in [2.24, 2.45) is 0 Å². The topological polar surface area (TPSA) is 63.4 Å². The number of anilines is 1. The van der Waals surface area contributed by atoms with E-state index in [1.807, 2.05) is 49.3 Å². The molecule has 118 valence electrons. The predicted octanol–water partition coefficient (Wildman–Crippen LogP) is 3.32. The average molecular weight is 318 g/mol. The molecule has 0 radical (unpaired) electrons. The van der Waals surface area contributed by atoms with Crippen LogP contribution in [0.5, 0.6) is 0 Å². The SMILES string of the molecule is CN(C)c1ccc2nc3c4ccccc4c(=O)c(C=O)c-3oc2c1. The molecular weight excluding hydrogens is 304 g/mol. The molecule has 0 saturated heterocycles. The zero-order valence-electron chi connectivity index (χ0n) is 13.2. The first kappa shape index (κ1) is 14.4. The van der Waals surface area contributed by atoms with E-state index in [2.05, 4.69) is 4.98 Å². The monoisotopic (exact) mass is 318 g/mol. The molecule has 0 amide bonds. The van der Waals surface area contributed by atoms with E-state index in [-0.39, 0.29) is 16.8 Å². The fourth-order valence-electron chi connectivity index (χ4n) is 2.89. The highest BCUT2D eigenvalue weighted by molar-refractivity contribution is 6.03. The largest absolute Gasteiger partial charge is 0.452 e. The Morgan fingerprint density at radius 3 is 2.54 bits per heavy atom. The Morgan fingerprint density at radius 2 is 1.83 bits per heavy atom. The summed E-state index contributed by atoms with van der Waals surface area (Å²) < 4.78 is 5.93. The number of fused-ring (bicyclic) bond motifs is 4. The van der Waals surface area contributed by atoms with Gasteiger partial charge in [-0.15, -0.1) is 0 Å². The summed E-state index contributed by atoms with van der Waals surface area (Å²) in [6.07, 6.45) is 0.546. The van der Waals surface area contributed by atoms with Crippen LogP contribution in [-0.2, 0) is 0 Å². The minimum Gasteiger partial charge on any atom is -0.452 e. The van der Waals surface area contributed by atoms with Crippen LogP contribution in [0, 0.1) is 0 Å². The van der Waals surface area contributed by atoms with Crippen molar-refractivity contribution in [3.63, 3.8) is 0 Å². The van der Waals surface area contributed by atoms with Gasteiger partial charge in [-0.25, -0.2) is 4.98 Å². The van der Waals surface area contributed by atoms with Gasteiger partial charge in [0.1, 0.15) is 16.8 Å². The number of nitrogens with zero attached hydrogens (tertiary/aromatic N) is 2. The van der Waals surface area contributed by atoms with Gasteiger partial charge in [-0.2, -0.15) is 0 Å². The molecule has 4 rings (SSSR count). The van der Waals surface area contributed by atoms with Crippen molar-refractivity contribution < 1.29 is 9.21 Å². The summed E-state index contributed by atoms with van der Waals surface area (Å²) in [5.41, 5.74) is 2.36. The van der Waals surface area contributed by atoms with Crippen LogP contribution in [0.25, 0.3) is 33.3 Å². The maximum atomic E-state index is 12.6. The molecular formula is C19H14N2O3. The summed E-state index contributed by atoms with van der Waals surface area (Å²) in [5.74, 6) is 0.233. The van der Waals surface area contributed by atoms with E-state index in [1.165, 1.54) is 0 Å². The van der Waals surface area contributed by atoms with Gasteiger partial charge in [0.25, 0.3) is 0 Å². The van der Waals surface area contributed by atoms with Crippen molar-refractivity contribution in [3.8, 4) is 11.5 Å². The molecule has 0 spiro atoms. The summed E-state index contributed by atoms with van der Waals surface area (Å²) in [6, 6.07) is 12.8. The highest BCUT2D eigenvalue weighted by atomic mass is 16.3. The molecule has 0 N–H and O–H groups in total. The minimum absolute atomic E-state index is 0.00774. The van der Waals surface area contributed by atoms with Crippen LogP contribution in [0.4, 0.5) is 5.69 Å². The summed E-state index contributed by atoms with van der Waals surface area (Å²) in [5, 5.41) is 1.16. The molecule has 2 aromatic rings. The molecule has 2 aromatic carbocycles. The standard InChI is InChI=1S/C19H14N2O3/c1-21(2)11-7-8-15-16(9-11)24-19-14(10-22)18(23)13-6-4-3-5-12(13)17(19)20-15/h3-10H,1-2H3. The van der Waals surface area contributed by atoms with Gasteiger partial charge in [0.2, 0.25) is 5.43 Å². The second-order valence-corrected chi connectivity index (χ2v) is 5.84. The summed E-state index contributed by atoms with van der Waals surface area (Å²) in [4.78, 5) is 30.6. The highest BCUT2D eigenvalue weighted by Crippen LogP contribution is 2.33. The van der Waals surface area contributed by atoms with E-state index in [1.54, 1.807) is 12.1 Å². The average Bonchev–Trinajstić information content (AvgIpc) is 2.60. The van der Waals surface area contributed by atoms with Gasteiger partial charge in [-0.1, -0.05) is 24.3 Å². The van der Waals surface area contributed by atoms with E-state index >= 15 is 0 Å². The molecule has 0 bridgehead atoms. The van der Waals surface area contributed by atoms with Crippen molar-refractivity contribution >= 4 is 33.8 Å². The Kier molecular flexibility index (Phi) is 3.09. The van der Waals surface area contributed by atoms with Crippen LogP contribution in [0.1, 0.15) is 10.4 Å². The van der Waals surface area contributed by atoms with Gasteiger partial charge in [0.05, 0.1) is 0 Å². The lowest BCUT2D eigenvalue weighted by Crippen LogP contribution is -2.13. The van der Waals surface area contributed by atoms with Crippen LogP contribution in [0.2, 0.25) is 0 Å². The number of hydrogen-bond acceptors (Lipinski definition) is 5. The van der Waals surface area contributed by atoms with Crippen molar-refractivity contribution in [2.75, 3.05) is 19.0 Å². The van der Waals surface area contributed by atoms with Crippen LogP contribution < -0.4 is 10.3 Å². The minimum atomic E-state index is -0.332. The number of aromatic nitrogens is 1. The molecule has 1 aliphatic heterocycles. The lowest BCUT2D eigenvalue weighted by molar-refractivity contribution is 0.112. The van der Waals surface area contributed by atoms with Crippen LogP contribution >= 0.6 is 0 Å². The molecule has 0 fully saturated rings. The quantitative estimate of drug-likeness (QED) is 0.322. The molecule has 1 aliphatic carbocycles. The third kappa shape index (κ3) is 1.98. The Bertz CT molecular complexity index is 1130. The first-order chi connectivity index (χ1) is 11.6. The maximum absolute atomic E-state index is 12.6. The molecule has 0 saturated carbocycles. The number of carbonyl (C=O) groups excluding carboxylic acids is 1. The molecule has 2 aliphatic rings. The Balaban J connectivity index is 2.21. The Labute approximate surface area is 137 Å². The molecule has 5 nitrogen and oxygen atoms in total. The maximum Gasteiger partial charge on any atom is 0.200 e. The zero-order chi connectivity index (χ0) is 16.8. The van der Waals surface area contributed by atoms with Gasteiger partial charge >= 0.3 is 0 Å². The van der Waals surface area contributed by atoms with Crippen LogP contribution in [0.3, 0.4) is 0 Å². The number of rotatable bonds is 2. The van der Waals surface area contributed by atoms with Gasteiger partial charge in [-0.05, 0) is 12.1 Å². The summed E-state index contributed by atoms with van der Waals surface area (Å²) in [7, 11) is 3.85. The van der Waals surface area contributed by atoms with E-state index in [9.17, 15) is 9.59 Å². The zero-order valence-corrected chi connectivity index (χ0v) is 13.2. The van der Waals surface area contributed by atoms with E-state index in [0.717, 1.165) is 5.69 Å². The predicted molar refractivity (Wildman–Crippen MR) is 94.1 cm³/mol. The van der Waals surface area contributed by atoms with Gasteiger partial charge in [0, 0.05) is 36.6 Å².